The molecule has 4 rings (SSSR count). The normalized spacial score (nSPS) is 14.3. The van der Waals surface area contributed by atoms with Crippen LogP contribution in [0.5, 0.6) is 11.5 Å². The average molecular weight is 461 g/mol. The first kappa shape index (κ1) is 21.8. The van der Waals surface area contributed by atoms with E-state index >= 15 is 0 Å². The Bertz CT molecular complexity index is 1220. The molecule has 0 spiro atoms. The van der Waals surface area contributed by atoms with Gasteiger partial charge < -0.3 is 19.7 Å². The lowest BCUT2D eigenvalue weighted by Crippen LogP contribution is -2.51. The molecule has 7 nitrogen and oxygen atoms in total. The zero-order valence-electron chi connectivity index (χ0n) is 17.2. The Kier molecular flexibility index (Phi) is 6.09. The van der Waals surface area contributed by atoms with Crippen LogP contribution < -0.4 is 14.8 Å². The van der Waals surface area contributed by atoms with Crippen molar-refractivity contribution in [3.8, 4) is 11.5 Å². The van der Waals surface area contributed by atoms with Gasteiger partial charge in [-0.05, 0) is 25.1 Å². The molecule has 1 saturated heterocycles. The number of aldehydes is 1. The third-order valence-corrected chi connectivity index (χ3v) is 5.30. The zero-order valence-corrected chi connectivity index (χ0v) is 18.0. The number of benzene rings is 2. The van der Waals surface area contributed by atoms with E-state index < -0.39 is 16.7 Å². The SMILES string of the molecule is COc1cc2ncnc(Nc3ccc(F)c(Cl)c3F)c2cc1OC1CN(C=C(C)C=O)C1. The molecule has 1 aliphatic heterocycles. The van der Waals surface area contributed by atoms with E-state index in [0.29, 0.717) is 46.9 Å². The number of rotatable bonds is 7. The van der Waals surface area contributed by atoms with Crippen molar-refractivity contribution in [3.05, 3.63) is 59.0 Å². The molecule has 0 radical (unpaired) electrons. The van der Waals surface area contributed by atoms with Crippen molar-refractivity contribution in [2.45, 2.75) is 13.0 Å². The summed E-state index contributed by atoms with van der Waals surface area (Å²) in [4.78, 5) is 21.2. The van der Waals surface area contributed by atoms with Crippen molar-refractivity contribution in [2.75, 3.05) is 25.5 Å². The number of halogens is 3. The van der Waals surface area contributed by atoms with Gasteiger partial charge >= 0.3 is 0 Å². The molecule has 0 unspecified atom stereocenters. The van der Waals surface area contributed by atoms with E-state index in [0.717, 1.165) is 12.4 Å². The highest BCUT2D eigenvalue weighted by Gasteiger charge is 2.27. The van der Waals surface area contributed by atoms with E-state index in [-0.39, 0.29) is 11.8 Å². The molecule has 1 aliphatic rings. The van der Waals surface area contributed by atoms with Crippen LogP contribution in [0.1, 0.15) is 6.92 Å². The first-order valence-electron chi connectivity index (χ1n) is 9.67. The van der Waals surface area contributed by atoms with Crippen LogP contribution >= 0.6 is 11.6 Å². The number of nitrogens with one attached hydrogen (secondary N) is 1. The second kappa shape index (κ2) is 8.96. The summed E-state index contributed by atoms with van der Waals surface area (Å²) in [7, 11) is 1.52. The lowest BCUT2D eigenvalue weighted by molar-refractivity contribution is -0.105. The van der Waals surface area contributed by atoms with Gasteiger partial charge in [0.1, 0.15) is 35.4 Å². The van der Waals surface area contributed by atoms with Crippen LogP contribution in [0, 0.1) is 11.6 Å². The minimum absolute atomic E-state index is 0.0262. The van der Waals surface area contributed by atoms with E-state index in [1.54, 1.807) is 25.3 Å². The van der Waals surface area contributed by atoms with Gasteiger partial charge in [-0.3, -0.25) is 4.79 Å². The van der Waals surface area contributed by atoms with Gasteiger partial charge in [0.2, 0.25) is 0 Å². The van der Waals surface area contributed by atoms with E-state index in [1.165, 1.54) is 19.5 Å². The molecule has 0 saturated carbocycles. The first-order chi connectivity index (χ1) is 15.4. The number of methoxy groups -OCH3 is 1. The zero-order chi connectivity index (χ0) is 22.8. The standard InChI is InChI=1S/C22H19ClF2N4O3/c1-12(10-30)7-29-8-13(9-29)32-19-5-14-17(6-18(19)31-2)26-11-27-22(14)28-16-4-3-15(24)20(23)21(16)25/h3-7,10-11,13H,8-9H2,1-2H3,(H,26,27,28). The quantitative estimate of drug-likeness (QED) is 0.316. The lowest BCUT2D eigenvalue weighted by Gasteiger charge is -2.38. The van der Waals surface area contributed by atoms with Gasteiger partial charge in [0.05, 0.1) is 31.4 Å². The number of likely N-dealkylation sites (tertiary alicyclic amines) is 1. The van der Waals surface area contributed by atoms with Crippen molar-refractivity contribution >= 4 is 40.3 Å². The van der Waals surface area contributed by atoms with Gasteiger partial charge in [-0.25, -0.2) is 18.7 Å². The molecule has 10 heteroatoms. The topological polar surface area (TPSA) is 76.6 Å². The Morgan fingerprint density at radius 1 is 1.25 bits per heavy atom. The summed E-state index contributed by atoms with van der Waals surface area (Å²) >= 11 is 5.68. The van der Waals surface area contributed by atoms with Crippen molar-refractivity contribution in [3.63, 3.8) is 0 Å². The molecule has 0 atom stereocenters. The number of carbonyl (C=O) groups is 1. The van der Waals surface area contributed by atoms with Crippen LogP contribution in [-0.4, -0.2) is 47.5 Å². The van der Waals surface area contributed by atoms with Gasteiger partial charge in [-0.2, -0.15) is 0 Å². The minimum Gasteiger partial charge on any atom is -0.493 e. The third-order valence-electron chi connectivity index (χ3n) is 4.95. The highest BCUT2D eigenvalue weighted by atomic mass is 35.5. The van der Waals surface area contributed by atoms with Crippen LogP contribution in [0.25, 0.3) is 10.9 Å². The molecule has 32 heavy (non-hydrogen) atoms. The number of hydrogen-bond acceptors (Lipinski definition) is 7. The predicted octanol–water partition coefficient (Wildman–Crippen LogP) is 4.48. The Labute approximate surface area is 187 Å². The molecule has 0 bridgehead atoms. The van der Waals surface area contributed by atoms with Gasteiger partial charge in [0, 0.05) is 23.2 Å². The molecule has 0 amide bonds. The maximum absolute atomic E-state index is 14.4. The Balaban J connectivity index is 1.62. The lowest BCUT2D eigenvalue weighted by atomic mass is 10.1. The summed E-state index contributed by atoms with van der Waals surface area (Å²) in [6.45, 7) is 2.96. The smallest absolute Gasteiger partial charge is 0.168 e. The fourth-order valence-electron chi connectivity index (χ4n) is 3.31. The molecule has 3 aromatic rings. The summed E-state index contributed by atoms with van der Waals surface area (Å²) in [6, 6.07) is 5.70. The predicted molar refractivity (Wildman–Crippen MR) is 117 cm³/mol. The largest absolute Gasteiger partial charge is 0.493 e. The maximum Gasteiger partial charge on any atom is 0.168 e. The monoisotopic (exact) mass is 460 g/mol. The Morgan fingerprint density at radius 3 is 2.75 bits per heavy atom. The Morgan fingerprint density at radius 2 is 2.03 bits per heavy atom. The molecule has 2 heterocycles. The number of carbonyl (C=O) groups excluding carboxylic acids is 1. The van der Waals surface area contributed by atoms with Crippen molar-refractivity contribution in [2.24, 2.45) is 0 Å². The van der Waals surface area contributed by atoms with Gasteiger partial charge in [-0.15, -0.1) is 0 Å². The van der Waals surface area contributed by atoms with Crippen molar-refractivity contribution < 1.29 is 23.0 Å². The highest BCUT2D eigenvalue weighted by Crippen LogP contribution is 2.37. The summed E-state index contributed by atoms with van der Waals surface area (Å²) in [6.07, 6.45) is 3.79. The van der Waals surface area contributed by atoms with Crippen molar-refractivity contribution in [1.29, 1.82) is 0 Å². The molecule has 1 fully saturated rings. The fourth-order valence-corrected chi connectivity index (χ4v) is 3.48. The van der Waals surface area contributed by atoms with Crippen LogP contribution in [0.3, 0.4) is 0 Å². The number of allylic oxidation sites excluding steroid dienone is 1. The minimum atomic E-state index is -0.920. The molecule has 2 aromatic carbocycles. The molecular formula is C22H19ClF2N4O3. The number of aromatic nitrogens is 2. The van der Waals surface area contributed by atoms with E-state index in [9.17, 15) is 13.6 Å². The van der Waals surface area contributed by atoms with Crippen LogP contribution in [0.4, 0.5) is 20.3 Å². The van der Waals surface area contributed by atoms with Gasteiger partial charge in [0.25, 0.3) is 0 Å². The van der Waals surface area contributed by atoms with Crippen LogP contribution in [0.2, 0.25) is 5.02 Å². The van der Waals surface area contributed by atoms with Crippen molar-refractivity contribution in [1.82, 2.24) is 14.9 Å². The molecule has 1 N–H and O–H groups in total. The molecule has 0 aliphatic carbocycles. The molecular weight excluding hydrogens is 442 g/mol. The molecule has 1 aromatic heterocycles. The number of ether oxygens (including phenoxy) is 2. The summed E-state index contributed by atoms with van der Waals surface area (Å²) in [5, 5.41) is 2.79. The first-order valence-corrected chi connectivity index (χ1v) is 10.0. The van der Waals surface area contributed by atoms with E-state index in [2.05, 4.69) is 15.3 Å². The number of anilines is 2. The highest BCUT2D eigenvalue weighted by molar-refractivity contribution is 6.31. The average Bonchev–Trinajstić information content (AvgIpc) is 2.77. The number of hydrogen-bond donors (Lipinski definition) is 1. The summed E-state index contributed by atoms with van der Waals surface area (Å²) in [5.74, 6) is -0.525. The summed E-state index contributed by atoms with van der Waals surface area (Å²) < 4.78 is 39.4. The van der Waals surface area contributed by atoms with Crippen LogP contribution in [-0.2, 0) is 4.79 Å². The van der Waals surface area contributed by atoms with Gasteiger partial charge in [-0.1, -0.05) is 11.6 Å². The van der Waals surface area contributed by atoms with Crippen LogP contribution in [0.15, 0.2) is 42.4 Å². The third kappa shape index (κ3) is 4.29. The second-order valence-corrected chi connectivity index (χ2v) is 7.65. The number of fused-ring (bicyclic) bond motifs is 1. The maximum atomic E-state index is 14.4. The Hall–Kier alpha value is -3.46. The molecule has 166 valence electrons. The van der Waals surface area contributed by atoms with Gasteiger partial charge in [0.15, 0.2) is 17.3 Å². The second-order valence-electron chi connectivity index (χ2n) is 7.28. The number of nitrogens with zero attached hydrogens (tertiary/aromatic N) is 3. The fraction of sp³-hybridized carbons (Fsp3) is 0.227. The van der Waals surface area contributed by atoms with E-state index in [1.807, 2.05) is 4.90 Å². The van der Waals surface area contributed by atoms with E-state index in [4.69, 9.17) is 21.1 Å². The summed E-state index contributed by atoms with van der Waals surface area (Å²) in [5.41, 5.74) is 1.15.